The van der Waals surface area contributed by atoms with Crippen LogP contribution in [-0.4, -0.2) is 23.7 Å². The first-order valence-corrected chi connectivity index (χ1v) is 11.2. The lowest BCUT2D eigenvalue weighted by Gasteiger charge is -2.47. The van der Waals surface area contributed by atoms with Gasteiger partial charge in [0.05, 0.1) is 18.4 Å². The molecular weight excluding hydrogens is 340 g/mol. The zero-order chi connectivity index (χ0) is 20.0. The van der Waals surface area contributed by atoms with Crippen molar-refractivity contribution in [2.45, 2.75) is 91.9 Å². The number of ether oxygens (including phenoxy) is 1. The van der Waals surface area contributed by atoms with Gasteiger partial charge in [0.15, 0.2) is 0 Å². The Hall–Kier alpha value is -1.06. The highest BCUT2D eigenvalue weighted by Crippen LogP contribution is 2.49. The van der Waals surface area contributed by atoms with Crippen LogP contribution in [0.3, 0.4) is 0 Å². The summed E-state index contributed by atoms with van der Waals surface area (Å²) in [7, 11) is 0. The van der Waals surface area contributed by atoms with E-state index in [1.165, 1.54) is 32.1 Å². The van der Waals surface area contributed by atoms with Crippen molar-refractivity contribution in [3.05, 3.63) is 0 Å². The van der Waals surface area contributed by atoms with Crippen LogP contribution in [0.1, 0.15) is 91.9 Å². The molecule has 2 saturated carbocycles. The molecular formula is C23H40O4. The summed E-state index contributed by atoms with van der Waals surface area (Å²) in [6, 6.07) is 0. The van der Waals surface area contributed by atoms with Crippen molar-refractivity contribution in [3.63, 3.8) is 0 Å². The number of rotatable bonds is 8. The van der Waals surface area contributed by atoms with Crippen LogP contribution in [-0.2, 0) is 14.3 Å². The molecule has 2 rings (SSSR count). The summed E-state index contributed by atoms with van der Waals surface area (Å²) >= 11 is 0. The first kappa shape index (κ1) is 22.2. The first-order valence-electron chi connectivity index (χ1n) is 11.2. The molecule has 5 unspecified atom stereocenters. The monoisotopic (exact) mass is 380 g/mol. The fourth-order valence-electron chi connectivity index (χ4n) is 5.55. The molecule has 0 saturated heterocycles. The van der Waals surface area contributed by atoms with Crippen LogP contribution in [0, 0.1) is 35.0 Å². The highest BCUT2D eigenvalue weighted by Gasteiger charge is 2.42. The fraction of sp³-hybridized carbons (Fsp3) is 0.913. The van der Waals surface area contributed by atoms with Gasteiger partial charge in [-0.1, -0.05) is 59.8 Å². The minimum atomic E-state index is -0.847. The predicted molar refractivity (Wildman–Crippen MR) is 107 cm³/mol. The molecule has 0 aromatic heterocycles. The number of carboxylic acids is 1. The van der Waals surface area contributed by atoms with E-state index in [-0.39, 0.29) is 5.97 Å². The second kappa shape index (κ2) is 9.93. The highest BCUT2D eigenvalue weighted by atomic mass is 16.5. The third kappa shape index (κ3) is 5.71. The molecule has 5 atom stereocenters. The molecule has 0 bridgehead atoms. The average Bonchev–Trinajstić information content (AvgIpc) is 2.63. The third-order valence-corrected chi connectivity index (χ3v) is 7.49. The standard InChI is InChI=1S/C23H40O4/c1-5-6-7-12-20-16(2)17(13-14-23(20,3)4)15-27-22(26)19-11-9-8-10-18(19)21(24)25/h16-20H,5-15H2,1-4H3,(H,24,25). The molecule has 4 nitrogen and oxygen atoms in total. The number of carboxylic acid groups (broad SMARTS) is 1. The Bertz CT molecular complexity index is 499. The van der Waals surface area contributed by atoms with Crippen molar-refractivity contribution in [1.82, 2.24) is 0 Å². The number of unbranched alkanes of at least 4 members (excludes halogenated alkanes) is 2. The molecule has 2 aliphatic carbocycles. The van der Waals surface area contributed by atoms with E-state index in [2.05, 4.69) is 27.7 Å². The molecule has 0 aliphatic heterocycles. The van der Waals surface area contributed by atoms with Gasteiger partial charge in [-0.2, -0.15) is 0 Å². The number of carbonyl (C=O) groups excluding carboxylic acids is 1. The number of hydrogen-bond donors (Lipinski definition) is 1. The molecule has 1 N–H and O–H groups in total. The summed E-state index contributed by atoms with van der Waals surface area (Å²) < 4.78 is 5.71. The molecule has 2 aliphatic rings. The van der Waals surface area contributed by atoms with Crippen molar-refractivity contribution in [2.75, 3.05) is 6.61 Å². The molecule has 0 heterocycles. The second-order valence-electron chi connectivity index (χ2n) is 9.71. The van der Waals surface area contributed by atoms with Crippen molar-refractivity contribution in [3.8, 4) is 0 Å². The summed E-state index contributed by atoms with van der Waals surface area (Å²) in [5.41, 5.74) is 0.353. The normalized spacial score (nSPS) is 33.4. The Morgan fingerprint density at radius 3 is 2.37 bits per heavy atom. The molecule has 0 amide bonds. The predicted octanol–water partition coefficient (Wildman–Crippen LogP) is 5.69. The van der Waals surface area contributed by atoms with Gasteiger partial charge in [-0.15, -0.1) is 0 Å². The van der Waals surface area contributed by atoms with Crippen LogP contribution in [0.5, 0.6) is 0 Å². The van der Waals surface area contributed by atoms with E-state index in [1.54, 1.807) is 0 Å². The minimum Gasteiger partial charge on any atom is -0.481 e. The van der Waals surface area contributed by atoms with Gasteiger partial charge in [-0.05, 0) is 55.3 Å². The summed E-state index contributed by atoms with van der Waals surface area (Å²) in [5.74, 6) is -0.520. The Morgan fingerprint density at radius 2 is 1.74 bits per heavy atom. The van der Waals surface area contributed by atoms with Crippen molar-refractivity contribution < 1.29 is 19.4 Å². The van der Waals surface area contributed by atoms with Gasteiger partial charge in [0.25, 0.3) is 0 Å². The van der Waals surface area contributed by atoms with Gasteiger partial charge in [0.1, 0.15) is 0 Å². The molecule has 0 spiro atoms. The minimum absolute atomic E-state index is 0.276. The van der Waals surface area contributed by atoms with Crippen molar-refractivity contribution in [2.24, 2.45) is 35.0 Å². The molecule has 0 aromatic rings. The van der Waals surface area contributed by atoms with E-state index in [9.17, 15) is 14.7 Å². The van der Waals surface area contributed by atoms with Crippen LogP contribution in [0.25, 0.3) is 0 Å². The van der Waals surface area contributed by atoms with E-state index >= 15 is 0 Å². The van der Waals surface area contributed by atoms with Crippen LogP contribution < -0.4 is 0 Å². The topological polar surface area (TPSA) is 63.6 Å². The van der Waals surface area contributed by atoms with Crippen molar-refractivity contribution >= 4 is 11.9 Å². The lowest BCUT2D eigenvalue weighted by Crippen LogP contribution is -2.41. The lowest BCUT2D eigenvalue weighted by molar-refractivity contribution is -0.162. The molecule has 156 valence electrons. The average molecular weight is 381 g/mol. The summed E-state index contributed by atoms with van der Waals surface area (Å²) in [5, 5.41) is 9.40. The van der Waals surface area contributed by atoms with Gasteiger partial charge in [-0.3, -0.25) is 9.59 Å². The quantitative estimate of drug-likeness (QED) is 0.434. The van der Waals surface area contributed by atoms with E-state index in [0.29, 0.717) is 42.6 Å². The maximum atomic E-state index is 12.6. The number of carbonyl (C=O) groups is 2. The Balaban J connectivity index is 1.92. The van der Waals surface area contributed by atoms with Gasteiger partial charge < -0.3 is 9.84 Å². The van der Waals surface area contributed by atoms with Crippen LogP contribution in [0.4, 0.5) is 0 Å². The van der Waals surface area contributed by atoms with Crippen LogP contribution in [0.15, 0.2) is 0 Å². The largest absolute Gasteiger partial charge is 0.481 e. The molecule has 2 fully saturated rings. The summed E-state index contributed by atoms with van der Waals surface area (Å²) in [6.45, 7) is 9.82. The summed E-state index contributed by atoms with van der Waals surface area (Å²) in [4.78, 5) is 24.1. The van der Waals surface area contributed by atoms with E-state index in [0.717, 1.165) is 19.3 Å². The highest BCUT2D eigenvalue weighted by molar-refractivity contribution is 5.81. The molecule has 4 heteroatoms. The van der Waals surface area contributed by atoms with Gasteiger partial charge in [-0.25, -0.2) is 0 Å². The fourth-order valence-corrected chi connectivity index (χ4v) is 5.55. The SMILES string of the molecule is CCCCCC1C(C)C(COC(=O)C2CCCCC2C(=O)O)CCC1(C)C. The van der Waals surface area contributed by atoms with Gasteiger partial charge in [0, 0.05) is 0 Å². The molecule has 27 heavy (non-hydrogen) atoms. The first-order chi connectivity index (χ1) is 12.8. The van der Waals surface area contributed by atoms with Crippen LogP contribution in [0.2, 0.25) is 0 Å². The third-order valence-electron chi connectivity index (χ3n) is 7.49. The smallest absolute Gasteiger partial charge is 0.309 e. The Kier molecular flexibility index (Phi) is 8.18. The number of esters is 1. The molecule has 0 aromatic carbocycles. The second-order valence-corrected chi connectivity index (χ2v) is 9.71. The van der Waals surface area contributed by atoms with Gasteiger partial charge >= 0.3 is 11.9 Å². The maximum absolute atomic E-state index is 12.6. The van der Waals surface area contributed by atoms with E-state index < -0.39 is 17.8 Å². The Labute approximate surface area is 165 Å². The van der Waals surface area contributed by atoms with Crippen LogP contribution >= 0.6 is 0 Å². The zero-order valence-electron chi connectivity index (χ0n) is 17.8. The summed E-state index contributed by atoms with van der Waals surface area (Å²) in [6.07, 6.45) is 10.4. The van der Waals surface area contributed by atoms with Gasteiger partial charge in [0.2, 0.25) is 0 Å². The van der Waals surface area contributed by atoms with E-state index in [4.69, 9.17) is 4.74 Å². The number of aliphatic carboxylic acids is 1. The maximum Gasteiger partial charge on any atom is 0.309 e. The molecule has 0 radical (unpaired) electrons. The van der Waals surface area contributed by atoms with E-state index in [1.807, 2.05) is 0 Å². The van der Waals surface area contributed by atoms with Crippen molar-refractivity contribution in [1.29, 1.82) is 0 Å². The Morgan fingerprint density at radius 1 is 1.07 bits per heavy atom. The lowest BCUT2D eigenvalue weighted by atomic mass is 9.59. The number of hydrogen-bond acceptors (Lipinski definition) is 3. The zero-order valence-corrected chi connectivity index (χ0v) is 17.8.